The number of ether oxygens (including phenoxy) is 2. The molecule has 1 N–H and O–H groups in total. The molecule has 33 heavy (non-hydrogen) atoms. The molecular weight excluding hydrogens is 442 g/mol. The van der Waals surface area contributed by atoms with Gasteiger partial charge in [-0.25, -0.2) is 0 Å². The van der Waals surface area contributed by atoms with Crippen LogP contribution in [-0.4, -0.2) is 47.8 Å². The van der Waals surface area contributed by atoms with E-state index in [1.165, 1.54) is 0 Å². The van der Waals surface area contributed by atoms with Crippen molar-refractivity contribution in [1.82, 2.24) is 14.8 Å². The van der Waals surface area contributed by atoms with Gasteiger partial charge in [0.2, 0.25) is 5.43 Å². The number of nitrogens with one attached hydrogen (secondary N) is 1. The quantitative estimate of drug-likeness (QED) is 0.624. The van der Waals surface area contributed by atoms with E-state index in [0.29, 0.717) is 49.0 Å². The summed E-state index contributed by atoms with van der Waals surface area (Å²) in [6.45, 7) is 6.69. The zero-order chi connectivity index (χ0) is 22.9. The minimum atomic E-state index is -0.389. The van der Waals surface area contributed by atoms with Gasteiger partial charge in [0.15, 0.2) is 0 Å². The summed E-state index contributed by atoms with van der Waals surface area (Å²) in [5.74, 6) is 0.305. The molecule has 1 atom stereocenters. The standard InChI is InChI=1S/C25H26ClN3O4/c1-16-13-29-15-21(25(31)27-12-17-2-4-19(26)5-3-17)24(30)20-10-18(11-22(33-16)23(20)29)14-28-6-8-32-9-7-28/h2-5,10-11,15-16H,6-9,12-14H2,1H3,(H,27,31). The Morgan fingerprint density at radius 2 is 1.91 bits per heavy atom. The summed E-state index contributed by atoms with van der Waals surface area (Å²) < 4.78 is 13.5. The van der Waals surface area contributed by atoms with Crippen LogP contribution in [0.4, 0.5) is 0 Å². The highest BCUT2D eigenvalue weighted by atomic mass is 35.5. The molecule has 0 radical (unpaired) electrons. The third kappa shape index (κ3) is 4.62. The van der Waals surface area contributed by atoms with E-state index in [4.69, 9.17) is 21.1 Å². The van der Waals surface area contributed by atoms with Crippen LogP contribution >= 0.6 is 11.6 Å². The van der Waals surface area contributed by atoms with Gasteiger partial charge in [0, 0.05) is 37.4 Å². The number of carbonyl (C=O) groups is 1. The van der Waals surface area contributed by atoms with Crippen LogP contribution in [0.2, 0.25) is 5.02 Å². The molecule has 0 bridgehead atoms. The monoisotopic (exact) mass is 467 g/mol. The number of amides is 1. The van der Waals surface area contributed by atoms with Gasteiger partial charge < -0.3 is 19.4 Å². The van der Waals surface area contributed by atoms with Gasteiger partial charge in [0.1, 0.15) is 17.4 Å². The number of aromatic nitrogens is 1. The average molecular weight is 468 g/mol. The number of carbonyl (C=O) groups excluding carboxylic acids is 1. The molecule has 2 aliphatic rings. The molecule has 0 aliphatic carbocycles. The average Bonchev–Trinajstić information content (AvgIpc) is 2.81. The molecule has 0 spiro atoms. The van der Waals surface area contributed by atoms with Crippen molar-refractivity contribution < 1.29 is 14.3 Å². The minimum Gasteiger partial charge on any atom is -0.487 e. The van der Waals surface area contributed by atoms with Crippen LogP contribution in [0.5, 0.6) is 5.75 Å². The fourth-order valence-electron chi connectivity index (χ4n) is 4.47. The van der Waals surface area contributed by atoms with Crippen LogP contribution in [0.25, 0.3) is 10.9 Å². The van der Waals surface area contributed by atoms with Crippen molar-refractivity contribution in [1.29, 1.82) is 0 Å². The lowest BCUT2D eigenvalue weighted by Crippen LogP contribution is -2.36. The fourth-order valence-corrected chi connectivity index (χ4v) is 4.60. The Morgan fingerprint density at radius 1 is 1.15 bits per heavy atom. The SMILES string of the molecule is CC1Cn2cc(C(=O)NCc3ccc(Cl)cc3)c(=O)c3cc(CN4CCOCC4)cc(c32)O1. The Labute approximate surface area is 196 Å². The summed E-state index contributed by atoms with van der Waals surface area (Å²) in [6.07, 6.45) is 1.60. The maximum Gasteiger partial charge on any atom is 0.257 e. The maximum absolute atomic E-state index is 13.4. The molecule has 0 saturated carbocycles. The number of hydrogen-bond donors (Lipinski definition) is 1. The summed E-state index contributed by atoms with van der Waals surface area (Å²) >= 11 is 5.93. The highest BCUT2D eigenvalue weighted by Crippen LogP contribution is 2.31. The smallest absolute Gasteiger partial charge is 0.257 e. The van der Waals surface area contributed by atoms with E-state index in [0.717, 1.165) is 29.7 Å². The molecule has 1 saturated heterocycles. The molecular formula is C25H26ClN3O4. The molecule has 1 fully saturated rings. The van der Waals surface area contributed by atoms with E-state index in [-0.39, 0.29) is 23.0 Å². The summed E-state index contributed by atoms with van der Waals surface area (Å²) in [7, 11) is 0. The van der Waals surface area contributed by atoms with E-state index < -0.39 is 0 Å². The second-order valence-electron chi connectivity index (χ2n) is 8.64. The van der Waals surface area contributed by atoms with Gasteiger partial charge in [-0.2, -0.15) is 0 Å². The van der Waals surface area contributed by atoms with E-state index in [1.807, 2.05) is 35.8 Å². The highest BCUT2D eigenvalue weighted by Gasteiger charge is 2.24. The Bertz CT molecular complexity index is 1250. The largest absolute Gasteiger partial charge is 0.487 e. The van der Waals surface area contributed by atoms with Crippen molar-refractivity contribution in [3.63, 3.8) is 0 Å². The molecule has 1 aromatic heterocycles. The number of hydrogen-bond acceptors (Lipinski definition) is 5. The van der Waals surface area contributed by atoms with Crippen molar-refractivity contribution in [3.05, 3.63) is 74.5 Å². The third-order valence-electron chi connectivity index (χ3n) is 6.10. The van der Waals surface area contributed by atoms with E-state index in [2.05, 4.69) is 10.2 Å². The van der Waals surface area contributed by atoms with Crippen LogP contribution in [0.15, 0.2) is 47.4 Å². The Kier molecular flexibility index (Phi) is 6.10. The van der Waals surface area contributed by atoms with Crippen molar-refractivity contribution in [3.8, 4) is 5.75 Å². The maximum atomic E-state index is 13.4. The van der Waals surface area contributed by atoms with Gasteiger partial charge in [0.05, 0.1) is 30.7 Å². The van der Waals surface area contributed by atoms with E-state index >= 15 is 0 Å². The lowest BCUT2D eigenvalue weighted by Gasteiger charge is -2.29. The lowest BCUT2D eigenvalue weighted by atomic mass is 10.0. The third-order valence-corrected chi connectivity index (χ3v) is 6.35. The Morgan fingerprint density at radius 3 is 2.67 bits per heavy atom. The number of pyridine rings is 1. The number of morpholine rings is 1. The lowest BCUT2D eigenvalue weighted by molar-refractivity contribution is 0.0341. The molecule has 1 unspecified atom stereocenters. The van der Waals surface area contributed by atoms with E-state index in [1.54, 1.807) is 18.3 Å². The van der Waals surface area contributed by atoms with Crippen LogP contribution in [-0.2, 0) is 24.4 Å². The second kappa shape index (κ2) is 9.17. The number of benzene rings is 2. The van der Waals surface area contributed by atoms with Crippen molar-refractivity contribution in [2.45, 2.75) is 32.7 Å². The first-order chi connectivity index (χ1) is 16.0. The first-order valence-corrected chi connectivity index (χ1v) is 11.6. The van der Waals surface area contributed by atoms with Crippen LogP contribution in [0, 0.1) is 0 Å². The highest BCUT2D eigenvalue weighted by molar-refractivity contribution is 6.30. The molecule has 3 aromatic rings. The first-order valence-electron chi connectivity index (χ1n) is 11.2. The van der Waals surface area contributed by atoms with Crippen molar-refractivity contribution in [2.75, 3.05) is 26.3 Å². The Hall–Kier alpha value is -2.87. The number of rotatable bonds is 5. The zero-order valence-corrected chi connectivity index (χ0v) is 19.2. The first kappa shape index (κ1) is 21.9. The van der Waals surface area contributed by atoms with Crippen molar-refractivity contribution >= 4 is 28.4 Å². The summed E-state index contributed by atoms with van der Waals surface area (Å²) in [5.41, 5.74) is 2.51. The molecule has 3 heterocycles. The molecule has 172 valence electrons. The molecule has 8 heteroatoms. The zero-order valence-electron chi connectivity index (χ0n) is 18.5. The van der Waals surface area contributed by atoms with Gasteiger partial charge >= 0.3 is 0 Å². The normalized spacial score (nSPS) is 18.2. The molecule has 2 aromatic carbocycles. The van der Waals surface area contributed by atoms with Gasteiger partial charge in [-0.3, -0.25) is 14.5 Å². The van der Waals surface area contributed by atoms with Crippen LogP contribution < -0.4 is 15.5 Å². The Balaban J connectivity index is 1.49. The predicted molar refractivity (Wildman–Crippen MR) is 127 cm³/mol. The van der Waals surface area contributed by atoms with Gasteiger partial charge in [0.25, 0.3) is 5.91 Å². The van der Waals surface area contributed by atoms with Gasteiger partial charge in [-0.15, -0.1) is 0 Å². The van der Waals surface area contributed by atoms with Crippen LogP contribution in [0.3, 0.4) is 0 Å². The summed E-state index contributed by atoms with van der Waals surface area (Å²) in [4.78, 5) is 28.7. The second-order valence-corrected chi connectivity index (χ2v) is 9.08. The van der Waals surface area contributed by atoms with Crippen molar-refractivity contribution in [2.24, 2.45) is 0 Å². The summed E-state index contributed by atoms with van der Waals surface area (Å²) in [6, 6.07) is 11.2. The number of halogens is 1. The minimum absolute atomic E-state index is 0.0631. The molecule has 5 rings (SSSR count). The predicted octanol–water partition coefficient (Wildman–Crippen LogP) is 3.20. The molecule has 7 nitrogen and oxygen atoms in total. The van der Waals surface area contributed by atoms with E-state index in [9.17, 15) is 9.59 Å². The number of nitrogens with zero attached hydrogens (tertiary/aromatic N) is 2. The molecule has 2 aliphatic heterocycles. The fraction of sp³-hybridized carbons (Fsp3) is 0.360. The topological polar surface area (TPSA) is 72.8 Å². The van der Waals surface area contributed by atoms with Gasteiger partial charge in [-0.1, -0.05) is 23.7 Å². The summed E-state index contributed by atoms with van der Waals surface area (Å²) in [5, 5.41) is 4.02. The van der Waals surface area contributed by atoms with Gasteiger partial charge in [-0.05, 0) is 42.3 Å². The van der Waals surface area contributed by atoms with Crippen LogP contribution in [0.1, 0.15) is 28.4 Å². The molecule has 1 amide bonds.